The maximum absolute atomic E-state index is 6.18. The fourth-order valence-corrected chi connectivity index (χ4v) is 3.38. The summed E-state index contributed by atoms with van der Waals surface area (Å²) >= 11 is 0. The minimum atomic E-state index is 0. The van der Waals surface area contributed by atoms with Gasteiger partial charge in [-0.05, 0) is 37.1 Å². The predicted molar refractivity (Wildman–Crippen MR) is 76.6 cm³/mol. The monoisotopic (exact) mass is 260 g/mol. The first kappa shape index (κ1) is 15.3. The van der Waals surface area contributed by atoms with Crippen LogP contribution in [0.25, 0.3) is 0 Å². The molecular formula is C14H29ClN2. The lowest BCUT2D eigenvalue weighted by molar-refractivity contribution is 0.0760. The van der Waals surface area contributed by atoms with Crippen LogP contribution in [0.3, 0.4) is 0 Å². The van der Waals surface area contributed by atoms with E-state index in [-0.39, 0.29) is 12.4 Å². The van der Waals surface area contributed by atoms with Crippen LogP contribution in [0.1, 0.15) is 52.4 Å². The SMILES string of the molecule is CC1(C)CN(CC2CCCCC2)CCC1N.Cl. The zero-order valence-electron chi connectivity index (χ0n) is 11.5. The zero-order valence-corrected chi connectivity index (χ0v) is 12.3. The summed E-state index contributed by atoms with van der Waals surface area (Å²) in [5.41, 5.74) is 6.49. The molecule has 2 fully saturated rings. The van der Waals surface area contributed by atoms with Crippen molar-refractivity contribution in [1.29, 1.82) is 0 Å². The van der Waals surface area contributed by atoms with Crippen molar-refractivity contribution in [2.75, 3.05) is 19.6 Å². The third-order valence-electron chi connectivity index (χ3n) is 4.63. The highest BCUT2D eigenvalue weighted by Crippen LogP contribution is 2.30. The molecule has 2 nitrogen and oxygen atoms in total. The van der Waals surface area contributed by atoms with Crippen molar-refractivity contribution >= 4 is 12.4 Å². The normalized spacial score (nSPS) is 30.9. The molecule has 1 aliphatic carbocycles. The van der Waals surface area contributed by atoms with Gasteiger partial charge in [0.2, 0.25) is 0 Å². The Bertz CT molecular complexity index is 224. The summed E-state index contributed by atoms with van der Waals surface area (Å²) in [6.45, 7) is 8.40. The predicted octanol–water partition coefficient (Wildman–Crippen LogP) is 3.05. The molecule has 0 aromatic carbocycles. The number of rotatable bonds is 2. The van der Waals surface area contributed by atoms with Crippen LogP contribution in [0.4, 0.5) is 0 Å². The molecule has 0 aromatic rings. The maximum atomic E-state index is 6.18. The van der Waals surface area contributed by atoms with Gasteiger partial charge in [0, 0.05) is 19.1 Å². The lowest BCUT2D eigenvalue weighted by Crippen LogP contribution is -2.53. The minimum absolute atomic E-state index is 0. The van der Waals surface area contributed by atoms with E-state index in [1.807, 2.05) is 0 Å². The fraction of sp³-hybridized carbons (Fsp3) is 1.00. The number of likely N-dealkylation sites (tertiary alicyclic amines) is 1. The smallest absolute Gasteiger partial charge is 0.0115 e. The number of nitrogens with zero attached hydrogens (tertiary/aromatic N) is 1. The topological polar surface area (TPSA) is 29.3 Å². The van der Waals surface area contributed by atoms with Crippen molar-refractivity contribution < 1.29 is 0 Å². The van der Waals surface area contributed by atoms with Gasteiger partial charge in [0.1, 0.15) is 0 Å². The molecule has 2 aliphatic rings. The summed E-state index contributed by atoms with van der Waals surface area (Å²) < 4.78 is 0. The molecule has 3 heteroatoms. The molecule has 0 aromatic heterocycles. The molecule has 1 aliphatic heterocycles. The number of halogens is 1. The van der Waals surface area contributed by atoms with E-state index >= 15 is 0 Å². The maximum Gasteiger partial charge on any atom is 0.0115 e. The Kier molecular flexibility index (Phi) is 5.75. The lowest BCUT2D eigenvalue weighted by Gasteiger charge is -2.44. The highest BCUT2D eigenvalue weighted by molar-refractivity contribution is 5.85. The molecule has 1 saturated heterocycles. The van der Waals surface area contributed by atoms with Crippen LogP contribution in [0, 0.1) is 11.3 Å². The van der Waals surface area contributed by atoms with E-state index in [1.165, 1.54) is 58.2 Å². The van der Waals surface area contributed by atoms with E-state index in [2.05, 4.69) is 18.7 Å². The number of nitrogens with two attached hydrogens (primary N) is 1. The van der Waals surface area contributed by atoms with Crippen molar-refractivity contribution in [3.63, 3.8) is 0 Å². The number of hydrogen-bond donors (Lipinski definition) is 1. The first-order chi connectivity index (χ1) is 7.58. The second-order valence-corrected chi connectivity index (χ2v) is 6.62. The molecule has 0 amide bonds. The quantitative estimate of drug-likeness (QED) is 0.827. The van der Waals surface area contributed by atoms with Gasteiger partial charge in [0.05, 0.1) is 0 Å². The summed E-state index contributed by atoms with van der Waals surface area (Å²) in [5, 5.41) is 0. The molecular weight excluding hydrogens is 232 g/mol. The third kappa shape index (κ3) is 4.11. The van der Waals surface area contributed by atoms with Crippen molar-refractivity contribution in [3.8, 4) is 0 Å². The highest BCUT2D eigenvalue weighted by atomic mass is 35.5. The molecule has 17 heavy (non-hydrogen) atoms. The van der Waals surface area contributed by atoms with E-state index < -0.39 is 0 Å². The third-order valence-corrected chi connectivity index (χ3v) is 4.63. The lowest BCUT2D eigenvalue weighted by atomic mass is 9.79. The van der Waals surface area contributed by atoms with Gasteiger partial charge in [0.15, 0.2) is 0 Å². The van der Waals surface area contributed by atoms with Crippen LogP contribution in [0.15, 0.2) is 0 Å². The van der Waals surface area contributed by atoms with Gasteiger partial charge in [-0.25, -0.2) is 0 Å². The van der Waals surface area contributed by atoms with Crippen molar-refractivity contribution in [1.82, 2.24) is 4.90 Å². The van der Waals surface area contributed by atoms with Gasteiger partial charge in [-0.15, -0.1) is 12.4 Å². The van der Waals surface area contributed by atoms with Crippen molar-refractivity contribution in [3.05, 3.63) is 0 Å². The first-order valence-electron chi connectivity index (χ1n) is 7.06. The van der Waals surface area contributed by atoms with Crippen LogP contribution >= 0.6 is 12.4 Å². The largest absolute Gasteiger partial charge is 0.327 e. The Hall–Kier alpha value is 0.210. The average Bonchev–Trinajstić information content (AvgIpc) is 2.25. The second kappa shape index (κ2) is 6.40. The van der Waals surface area contributed by atoms with Gasteiger partial charge in [-0.2, -0.15) is 0 Å². The Morgan fingerprint density at radius 3 is 2.35 bits per heavy atom. The van der Waals surface area contributed by atoms with Gasteiger partial charge in [0.25, 0.3) is 0 Å². The van der Waals surface area contributed by atoms with Gasteiger partial charge in [-0.1, -0.05) is 33.1 Å². The second-order valence-electron chi connectivity index (χ2n) is 6.62. The van der Waals surface area contributed by atoms with Crippen LogP contribution < -0.4 is 5.73 Å². The molecule has 2 N–H and O–H groups in total. The number of hydrogen-bond acceptors (Lipinski definition) is 2. The van der Waals surface area contributed by atoms with Crippen LogP contribution in [0.2, 0.25) is 0 Å². The molecule has 2 rings (SSSR count). The Labute approximate surface area is 113 Å². The zero-order chi connectivity index (χ0) is 11.6. The van der Waals surface area contributed by atoms with E-state index in [0.29, 0.717) is 11.5 Å². The van der Waals surface area contributed by atoms with E-state index in [9.17, 15) is 0 Å². The first-order valence-corrected chi connectivity index (χ1v) is 7.06. The average molecular weight is 261 g/mol. The number of piperidine rings is 1. The summed E-state index contributed by atoms with van der Waals surface area (Å²) in [6, 6.07) is 0.398. The molecule has 0 radical (unpaired) electrons. The van der Waals surface area contributed by atoms with Crippen LogP contribution in [-0.2, 0) is 0 Å². The van der Waals surface area contributed by atoms with Gasteiger partial charge in [-0.3, -0.25) is 0 Å². The summed E-state index contributed by atoms with van der Waals surface area (Å²) in [7, 11) is 0. The summed E-state index contributed by atoms with van der Waals surface area (Å²) in [6.07, 6.45) is 8.49. The van der Waals surface area contributed by atoms with E-state index in [0.717, 1.165) is 5.92 Å². The molecule has 1 unspecified atom stereocenters. The molecule has 1 atom stereocenters. The minimum Gasteiger partial charge on any atom is -0.327 e. The summed E-state index contributed by atoms with van der Waals surface area (Å²) in [5.74, 6) is 0.971. The van der Waals surface area contributed by atoms with Crippen molar-refractivity contribution in [2.45, 2.75) is 58.4 Å². The Morgan fingerprint density at radius 2 is 1.76 bits per heavy atom. The summed E-state index contributed by atoms with van der Waals surface area (Å²) in [4.78, 5) is 2.67. The Morgan fingerprint density at radius 1 is 1.12 bits per heavy atom. The van der Waals surface area contributed by atoms with Crippen molar-refractivity contribution in [2.24, 2.45) is 17.1 Å². The van der Waals surface area contributed by atoms with Crippen LogP contribution in [-0.4, -0.2) is 30.6 Å². The highest BCUT2D eigenvalue weighted by Gasteiger charge is 2.34. The van der Waals surface area contributed by atoms with Gasteiger partial charge >= 0.3 is 0 Å². The van der Waals surface area contributed by atoms with Gasteiger partial charge < -0.3 is 10.6 Å². The Balaban J connectivity index is 0.00000144. The van der Waals surface area contributed by atoms with E-state index in [1.54, 1.807) is 0 Å². The molecule has 0 spiro atoms. The molecule has 0 bridgehead atoms. The molecule has 1 saturated carbocycles. The van der Waals surface area contributed by atoms with Crippen LogP contribution in [0.5, 0.6) is 0 Å². The fourth-order valence-electron chi connectivity index (χ4n) is 3.38. The molecule has 102 valence electrons. The van der Waals surface area contributed by atoms with E-state index in [4.69, 9.17) is 5.73 Å². The standard InChI is InChI=1S/C14H28N2.ClH/c1-14(2)11-16(9-8-13(14)15)10-12-6-4-3-5-7-12;/h12-13H,3-11,15H2,1-2H3;1H. The molecule has 1 heterocycles.